The highest BCUT2D eigenvalue weighted by Crippen LogP contribution is 2.10. The molecule has 0 aliphatic carbocycles. The molecule has 0 aromatic heterocycles. The van der Waals surface area contributed by atoms with Crippen molar-refractivity contribution in [1.82, 2.24) is 0 Å². The normalized spacial score (nSPS) is 8.36. The third-order valence-corrected chi connectivity index (χ3v) is 1.24. The van der Waals surface area contributed by atoms with Gasteiger partial charge in [-0.05, 0) is 6.92 Å². The Kier molecular flexibility index (Phi) is 4.69. The zero-order valence-electron chi connectivity index (χ0n) is 7.38. The minimum atomic E-state index is -1.83. The standard InChI is InChI=1S/C7H7NO2.CH2O3/c1-6-2-4-7(5-3-6)8(9)10;2-1(3)4/h2-5H,1H3;(H2,2,3,4). The van der Waals surface area contributed by atoms with Crippen LogP contribution in [0.1, 0.15) is 5.56 Å². The molecule has 0 atom stereocenters. The lowest BCUT2D eigenvalue weighted by atomic mass is 10.2. The number of hydrogen-bond acceptors (Lipinski definition) is 3. The van der Waals surface area contributed by atoms with Crippen molar-refractivity contribution in [3.05, 3.63) is 39.9 Å². The van der Waals surface area contributed by atoms with Crippen LogP contribution in [0.2, 0.25) is 0 Å². The molecule has 76 valence electrons. The van der Waals surface area contributed by atoms with E-state index in [1.54, 1.807) is 12.1 Å². The van der Waals surface area contributed by atoms with E-state index in [0.29, 0.717) is 0 Å². The second-order valence-electron chi connectivity index (χ2n) is 2.38. The first-order chi connectivity index (χ1) is 6.43. The Hall–Kier alpha value is -2.11. The molecule has 2 N–H and O–H groups in total. The van der Waals surface area contributed by atoms with Crippen LogP contribution in [0.25, 0.3) is 0 Å². The van der Waals surface area contributed by atoms with Gasteiger partial charge >= 0.3 is 6.16 Å². The molecule has 1 aromatic rings. The van der Waals surface area contributed by atoms with Gasteiger partial charge in [0.1, 0.15) is 0 Å². The zero-order chi connectivity index (χ0) is 11.1. The Morgan fingerprint density at radius 2 is 1.64 bits per heavy atom. The zero-order valence-corrected chi connectivity index (χ0v) is 7.38. The molecule has 0 saturated heterocycles. The van der Waals surface area contributed by atoms with E-state index in [1.807, 2.05) is 6.92 Å². The van der Waals surface area contributed by atoms with Gasteiger partial charge in [-0.2, -0.15) is 0 Å². The third-order valence-electron chi connectivity index (χ3n) is 1.24. The van der Waals surface area contributed by atoms with Gasteiger partial charge in [0, 0.05) is 12.1 Å². The van der Waals surface area contributed by atoms with E-state index in [1.165, 1.54) is 12.1 Å². The van der Waals surface area contributed by atoms with Crippen molar-refractivity contribution in [3.63, 3.8) is 0 Å². The van der Waals surface area contributed by atoms with E-state index in [9.17, 15) is 10.1 Å². The van der Waals surface area contributed by atoms with Crippen molar-refractivity contribution in [1.29, 1.82) is 0 Å². The predicted octanol–water partition coefficient (Wildman–Crippen LogP) is 2.13. The van der Waals surface area contributed by atoms with Crippen LogP contribution in [-0.2, 0) is 0 Å². The molecule has 0 heterocycles. The van der Waals surface area contributed by atoms with Crippen molar-refractivity contribution in [3.8, 4) is 0 Å². The Labute approximate surface area is 79.6 Å². The number of non-ortho nitro benzene ring substituents is 1. The Morgan fingerprint density at radius 1 is 1.29 bits per heavy atom. The number of carboxylic acid groups (broad SMARTS) is 2. The molecular weight excluding hydrogens is 190 g/mol. The summed E-state index contributed by atoms with van der Waals surface area (Å²) in [6.45, 7) is 1.89. The van der Waals surface area contributed by atoms with Crippen molar-refractivity contribution in [2.24, 2.45) is 0 Å². The van der Waals surface area contributed by atoms with Crippen molar-refractivity contribution < 1.29 is 19.9 Å². The van der Waals surface area contributed by atoms with Gasteiger partial charge in [-0.25, -0.2) is 4.79 Å². The van der Waals surface area contributed by atoms with Crippen LogP contribution < -0.4 is 0 Å². The molecule has 6 heteroatoms. The highest BCUT2D eigenvalue weighted by Gasteiger charge is 2.00. The summed E-state index contributed by atoms with van der Waals surface area (Å²) in [4.78, 5) is 18.3. The topological polar surface area (TPSA) is 101 Å². The average molecular weight is 199 g/mol. The fraction of sp³-hybridized carbons (Fsp3) is 0.125. The van der Waals surface area contributed by atoms with Gasteiger partial charge in [0.15, 0.2) is 0 Å². The molecule has 0 fully saturated rings. The molecule has 6 nitrogen and oxygen atoms in total. The first-order valence-corrected chi connectivity index (χ1v) is 3.56. The molecule has 0 aliphatic rings. The Bertz CT molecular complexity index is 315. The molecule has 0 radical (unpaired) electrons. The van der Waals surface area contributed by atoms with Gasteiger partial charge < -0.3 is 10.2 Å². The number of carbonyl (C=O) groups is 1. The third kappa shape index (κ3) is 5.53. The van der Waals surface area contributed by atoms with Crippen LogP contribution in [0.4, 0.5) is 10.5 Å². The summed E-state index contributed by atoms with van der Waals surface area (Å²) in [7, 11) is 0. The van der Waals surface area contributed by atoms with Gasteiger partial charge in [-0.3, -0.25) is 10.1 Å². The number of benzene rings is 1. The van der Waals surface area contributed by atoms with Crippen molar-refractivity contribution in [2.45, 2.75) is 6.92 Å². The number of aryl methyl sites for hydroxylation is 1. The van der Waals surface area contributed by atoms with Gasteiger partial charge in [0.05, 0.1) is 4.92 Å². The average Bonchev–Trinajstić information content (AvgIpc) is 2.03. The molecule has 0 unspecified atom stereocenters. The maximum atomic E-state index is 10.1. The molecule has 0 aliphatic heterocycles. The van der Waals surface area contributed by atoms with Crippen LogP contribution >= 0.6 is 0 Å². The molecular formula is C8H9NO5. The van der Waals surface area contributed by atoms with Crippen LogP contribution in [0.3, 0.4) is 0 Å². The molecule has 1 rings (SSSR count). The first-order valence-electron chi connectivity index (χ1n) is 3.56. The number of nitro benzene ring substituents is 1. The Balaban J connectivity index is 0.000000364. The summed E-state index contributed by atoms with van der Waals surface area (Å²) in [6.07, 6.45) is -1.83. The molecule has 1 aromatic carbocycles. The lowest BCUT2D eigenvalue weighted by molar-refractivity contribution is -0.384. The summed E-state index contributed by atoms with van der Waals surface area (Å²) >= 11 is 0. The van der Waals surface area contributed by atoms with E-state index >= 15 is 0 Å². The quantitative estimate of drug-likeness (QED) is 0.532. The summed E-state index contributed by atoms with van der Waals surface area (Å²) in [5, 5.41) is 24.1. The predicted molar refractivity (Wildman–Crippen MR) is 48.5 cm³/mol. The van der Waals surface area contributed by atoms with Gasteiger partial charge in [0.2, 0.25) is 0 Å². The van der Waals surface area contributed by atoms with E-state index in [-0.39, 0.29) is 5.69 Å². The van der Waals surface area contributed by atoms with Crippen LogP contribution in [0.5, 0.6) is 0 Å². The SMILES string of the molecule is Cc1ccc([N+](=O)[O-])cc1.O=C(O)O. The smallest absolute Gasteiger partial charge is 0.450 e. The van der Waals surface area contributed by atoms with E-state index < -0.39 is 11.1 Å². The van der Waals surface area contributed by atoms with Crippen LogP contribution in [0.15, 0.2) is 24.3 Å². The van der Waals surface area contributed by atoms with Gasteiger partial charge in [0.25, 0.3) is 5.69 Å². The molecule has 0 amide bonds. The largest absolute Gasteiger partial charge is 0.503 e. The second-order valence-corrected chi connectivity index (χ2v) is 2.38. The fourth-order valence-corrected chi connectivity index (χ4v) is 0.666. The molecule has 0 bridgehead atoms. The maximum Gasteiger partial charge on any atom is 0.503 e. The minimum Gasteiger partial charge on any atom is -0.450 e. The summed E-state index contributed by atoms with van der Waals surface area (Å²) in [6, 6.07) is 6.43. The summed E-state index contributed by atoms with van der Waals surface area (Å²) < 4.78 is 0. The molecule has 14 heavy (non-hydrogen) atoms. The number of nitro groups is 1. The lowest BCUT2D eigenvalue weighted by Gasteiger charge is -1.90. The van der Waals surface area contributed by atoms with Crippen molar-refractivity contribution in [2.75, 3.05) is 0 Å². The van der Waals surface area contributed by atoms with E-state index in [4.69, 9.17) is 15.0 Å². The lowest BCUT2D eigenvalue weighted by Crippen LogP contribution is -1.86. The molecule has 0 saturated carbocycles. The fourth-order valence-electron chi connectivity index (χ4n) is 0.666. The second kappa shape index (κ2) is 5.52. The summed E-state index contributed by atoms with van der Waals surface area (Å²) in [5.41, 5.74) is 1.18. The molecule has 0 spiro atoms. The minimum absolute atomic E-state index is 0.144. The number of nitrogens with zero attached hydrogens (tertiary/aromatic N) is 1. The van der Waals surface area contributed by atoms with E-state index in [0.717, 1.165) is 5.56 Å². The monoisotopic (exact) mass is 199 g/mol. The van der Waals surface area contributed by atoms with Crippen LogP contribution in [-0.4, -0.2) is 21.3 Å². The van der Waals surface area contributed by atoms with E-state index in [2.05, 4.69) is 0 Å². The van der Waals surface area contributed by atoms with Gasteiger partial charge in [-0.1, -0.05) is 17.7 Å². The summed E-state index contributed by atoms with van der Waals surface area (Å²) in [5.74, 6) is 0. The van der Waals surface area contributed by atoms with Crippen molar-refractivity contribution >= 4 is 11.8 Å². The highest BCUT2D eigenvalue weighted by atomic mass is 16.6. The maximum absolute atomic E-state index is 10.1. The first kappa shape index (κ1) is 11.9. The number of rotatable bonds is 1. The highest BCUT2D eigenvalue weighted by molar-refractivity contribution is 5.53. The number of hydrogen-bond donors (Lipinski definition) is 2. The van der Waals surface area contributed by atoms with Gasteiger partial charge in [-0.15, -0.1) is 0 Å². The van der Waals surface area contributed by atoms with Crippen LogP contribution in [0, 0.1) is 17.0 Å². The Morgan fingerprint density at radius 3 is 1.93 bits per heavy atom.